The lowest BCUT2D eigenvalue weighted by Crippen LogP contribution is -2.47. The number of nitrogens with one attached hydrogen (secondary N) is 1. The highest BCUT2D eigenvalue weighted by Crippen LogP contribution is 2.19. The number of amides is 2. The van der Waals surface area contributed by atoms with Gasteiger partial charge in [-0.1, -0.05) is 0 Å². The molecule has 1 fully saturated rings. The number of aromatic nitrogens is 3. The predicted molar refractivity (Wildman–Crippen MR) is 89.6 cm³/mol. The minimum atomic E-state index is -0.377. The number of aliphatic hydroxyl groups is 1. The number of hydrogen-bond donors (Lipinski definition) is 2. The van der Waals surface area contributed by atoms with Crippen LogP contribution >= 0.6 is 0 Å². The van der Waals surface area contributed by atoms with Crippen LogP contribution in [0.3, 0.4) is 0 Å². The summed E-state index contributed by atoms with van der Waals surface area (Å²) in [5, 5.41) is 16.8. The van der Waals surface area contributed by atoms with Crippen LogP contribution in [0.5, 0.6) is 0 Å². The van der Waals surface area contributed by atoms with Crippen LogP contribution in [0.25, 0.3) is 5.82 Å². The Kier molecular flexibility index (Phi) is 5.10. The lowest BCUT2D eigenvalue weighted by molar-refractivity contribution is 0.0738. The SMILES string of the molecule is CC(O)C1CCCN(C(=O)NCc2ccnc(-n3cccn3)c2)C1. The molecule has 2 unspecified atom stereocenters. The number of pyridine rings is 1. The molecule has 2 atom stereocenters. The minimum Gasteiger partial charge on any atom is -0.393 e. The first kappa shape index (κ1) is 16.4. The third-order valence-corrected chi connectivity index (χ3v) is 4.42. The van der Waals surface area contributed by atoms with Crippen LogP contribution in [0.2, 0.25) is 0 Å². The van der Waals surface area contributed by atoms with Crippen LogP contribution in [0.4, 0.5) is 4.79 Å². The van der Waals surface area contributed by atoms with Gasteiger partial charge in [0.1, 0.15) is 0 Å². The maximum atomic E-state index is 12.4. The van der Waals surface area contributed by atoms with Crippen molar-refractivity contribution in [2.45, 2.75) is 32.4 Å². The molecule has 7 heteroatoms. The summed E-state index contributed by atoms with van der Waals surface area (Å²) in [4.78, 5) is 18.4. The average Bonchev–Trinajstić information content (AvgIpc) is 3.15. The van der Waals surface area contributed by atoms with Crippen molar-refractivity contribution >= 4 is 6.03 Å². The topological polar surface area (TPSA) is 83.3 Å². The molecule has 0 bridgehead atoms. The molecule has 0 aromatic carbocycles. The molecule has 0 aliphatic carbocycles. The van der Waals surface area contributed by atoms with E-state index in [-0.39, 0.29) is 18.1 Å². The highest BCUT2D eigenvalue weighted by atomic mass is 16.3. The second kappa shape index (κ2) is 7.44. The summed E-state index contributed by atoms with van der Waals surface area (Å²) < 4.78 is 1.68. The molecule has 3 heterocycles. The van der Waals surface area contributed by atoms with Crippen LogP contribution in [0.1, 0.15) is 25.3 Å². The van der Waals surface area contributed by atoms with Gasteiger partial charge >= 0.3 is 6.03 Å². The van der Waals surface area contributed by atoms with Crippen molar-refractivity contribution in [2.24, 2.45) is 5.92 Å². The van der Waals surface area contributed by atoms with Crippen LogP contribution < -0.4 is 5.32 Å². The molecule has 0 spiro atoms. The zero-order valence-corrected chi connectivity index (χ0v) is 13.8. The second-order valence-electron chi connectivity index (χ2n) is 6.22. The van der Waals surface area contributed by atoms with Crippen molar-refractivity contribution in [1.29, 1.82) is 0 Å². The zero-order valence-electron chi connectivity index (χ0n) is 13.8. The summed E-state index contributed by atoms with van der Waals surface area (Å²) in [6, 6.07) is 5.53. The molecule has 0 radical (unpaired) electrons. The van der Waals surface area contributed by atoms with Crippen molar-refractivity contribution in [3.05, 3.63) is 42.4 Å². The van der Waals surface area contributed by atoms with Gasteiger partial charge in [-0.15, -0.1) is 0 Å². The van der Waals surface area contributed by atoms with Gasteiger partial charge in [-0.25, -0.2) is 14.5 Å². The largest absolute Gasteiger partial charge is 0.393 e. The molecule has 2 amide bonds. The molecule has 2 N–H and O–H groups in total. The summed E-state index contributed by atoms with van der Waals surface area (Å²) >= 11 is 0. The molecule has 24 heavy (non-hydrogen) atoms. The van der Waals surface area contributed by atoms with Gasteiger partial charge in [0, 0.05) is 44.1 Å². The highest BCUT2D eigenvalue weighted by molar-refractivity contribution is 5.74. The summed E-state index contributed by atoms with van der Waals surface area (Å²) in [5.41, 5.74) is 0.966. The molecule has 1 saturated heterocycles. The highest BCUT2D eigenvalue weighted by Gasteiger charge is 2.26. The lowest BCUT2D eigenvalue weighted by atomic mass is 9.94. The van der Waals surface area contributed by atoms with E-state index in [1.165, 1.54) is 0 Å². The summed E-state index contributed by atoms with van der Waals surface area (Å²) in [6.07, 6.45) is 6.76. The minimum absolute atomic E-state index is 0.0854. The first-order valence-electron chi connectivity index (χ1n) is 8.29. The van der Waals surface area contributed by atoms with E-state index in [4.69, 9.17) is 0 Å². The molecule has 2 aromatic heterocycles. The number of carbonyl (C=O) groups excluding carboxylic acids is 1. The van der Waals surface area contributed by atoms with Gasteiger partial charge in [0.05, 0.1) is 6.10 Å². The third-order valence-electron chi connectivity index (χ3n) is 4.42. The van der Waals surface area contributed by atoms with E-state index >= 15 is 0 Å². The fraction of sp³-hybridized carbons (Fsp3) is 0.471. The lowest BCUT2D eigenvalue weighted by Gasteiger charge is -2.34. The first-order valence-corrected chi connectivity index (χ1v) is 8.29. The Morgan fingerprint density at radius 2 is 2.38 bits per heavy atom. The monoisotopic (exact) mass is 329 g/mol. The summed E-state index contributed by atoms with van der Waals surface area (Å²) in [6.45, 7) is 3.58. The zero-order chi connectivity index (χ0) is 16.9. The molecule has 1 aliphatic rings. The van der Waals surface area contributed by atoms with Crippen molar-refractivity contribution < 1.29 is 9.90 Å². The Bertz CT molecular complexity index is 671. The van der Waals surface area contributed by atoms with Crippen molar-refractivity contribution in [3.63, 3.8) is 0 Å². The van der Waals surface area contributed by atoms with E-state index < -0.39 is 0 Å². The van der Waals surface area contributed by atoms with Crippen molar-refractivity contribution in [3.8, 4) is 5.82 Å². The normalized spacial score (nSPS) is 19.1. The molecule has 0 saturated carbocycles. The number of nitrogens with zero attached hydrogens (tertiary/aromatic N) is 4. The second-order valence-corrected chi connectivity index (χ2v) is 6.22. The van der Waals surface area contributed by atoms with E-state index in [2.05, 4.69) is 15.4 Å². The Morgan fingerprint density at radius 1 is 1.50 bits per heavy atom. The summed E-state index contributed by atoms with van der Waals surface area (Å²) in [7, 11) is 0. The quantitative estimate of drug-likeness (QED) is 0.892. The maximum absolute atomic E-state index is 12.4. The van der Waals surface area contributed by atoms with Gasteiger partial charge in [-0.3, -0.25) is 0 Å². The van der Waals surface area contributed by atoms with Crippen molar-refractivity contribution in [2.75, 3.05) is 13.1 Å². The van der Waals surface area contributed by atoms with E-state index in [0.717, 1.165) is 30.8 Å². The van der Waals surface area contributed by atoms with Crippen LogP contribution in [0, 0.1) is 5.92 Å². The van der Waals surface area contributed by atoms with E-state index in [9.17, 15) is 9.90 Å². The number of piperidine rings is 1. The number of aliphatic hydroxyl groups excluding tert-OH is 1. The van der Waals surface area contributed by atoms with Crippen LogP contribution in [0.15, 0.2) is 36.8 Å². The Balaban J connectivity index is 1.57. The fourth-order valence-corrected chi connectivity index (χ4v) is 2.98. The molecular formula is C17H23N5O2. The Labute approximate surface area is 141 Å². The molecule has 2 aromatic rings. The van der Waals surface area contributed by atoms with Crippen LogP contribution in [-0.4, -0.2) is 50.0 Å². The molecule has 7 nitrogen and oxygen atoms in total. The number of rotatable bonds is 4. The predicted octanol–water partition coefficient (Wildman–Crippen LogP) is 1.57. The molecule has 128 valence electrons. The van der Waals surface area contributed by atoms with Gasteiger partial charge < -0.3 is 15.3 Å². The van der Waals surface area contributed by atoms with E-state index in [0.29, 0.717) is 13.1 Å². The van der Waals surface area contributed by atoms with Gasteiger partial charge in [-0.2, -0.15) is 5.10 Å². The summed E-state index contributed by atoms with van der Waals surface area (Å²) in [5.74, 6) is 0.885. The fourth-order valence-electron chi connectivity index (χ4n) is 2.98. The van der Waals surface area contributed by atoms with E-state index in [1.54, 1.807) is 28.9 Å². The number of urea groups is 1. The Morgan fingerprint density at radius 3 is 3.12 bits per heavy atom. The molecular weight excluding hydrogens is 306 g/mol. The van der Waals surface area contributed by atoms with E-state index in [1.807, 2.05) is 24.4 Å². The molecule has 3 rings (SSSR count). The number of hydrogen-bond acceptors (Lipinski definition) is 4. The first-order chi connectivity index (χ1) is 11.6. The van der Waals surface area contributed by atoms with Gasteiger partial charge in [0.15, 0.2) is 5.82 Å². The van der Waals surface area contributed by atoms with Gasteiger partial charge in [0.25, 0.3) is 0 Å². The van der Waals surface area contributed by atoms with Gasteiger partial charge in [0.2, 0.25) is 0 Å². The van der Waals surface area contributed by atoms with Crippen LogP contribution in [-0.2, 0) is 6.54 Å². The smallest absolute Gasteiger partial charge is 0.317 e. The average molecular weight is 329 g/mol. The maximum Gasteiger partial charge on any atom is 0.317 e. The third kappa shape index (κ3) is 3.91. The standard InChI is InChI=1S/C17H23N5O2/c1-13(23)15-4-2-8-21(12-15)17(24)19-11-14-5-7-18-16(10-14)22-9-3-6-20-22/h3,5-7,9-10,13,15,23H,2,4,8,11-12H2,1H3,(H,19,24). The molecule has 1 aliphatic heterocycles. The van der Waals surface area contributed by atoms with Crippen molar-refractivity contribution in [1.82, 2.24) is 25.0 Å². The number of likely N-dealkylation sites (tertiary alicyclic amines) is 1. The number of carbonyl (C=O) groups is 1. The Hall–Kier alpha value is -2.41. The van der Waals surface area contributed by atoms with Gasteiger partial charge in [-0.05, 0) is 43.5 Å².